The van der Waals surface area contributed by atoms with Crippen molar-refractivity contribution >= 4 is 0 Å². The fourth-order valence-corrected chi connectivity index (χ4v) is 3.27. The number of hydrogen-bond acceptors (Lipinski definition) is 0. The maximum Gasteiger partial charge on any atom is 0.00959 e. The van der Waals surface area contributed by atoms with Crippen LogP contribution in [0.15, 0.2) is 37.0 Å². The topological polar surface area (TPSA) is 0 Å². The molecule has 0 aromatic heterocycles. The molecule has 1 aliphatic rings. The second-order valence-electron chi connectivity index (χ2n) is 6.89. The van der Waals surface area contributed by atoms with Crippen molar-refractivity contribution in [2.45, 2.75) is 84.5 Å². The first-order valence-corrected chi connectivity index (χ1v) is 9.22. The summed E-state index contributed by atoms with van der Waals surface area (Å²) in [7, 11) is 0. The Hall–Kier alpha value is -0.780. The van der Waals surface area contributed by atoms with Crippen molar-refractivity contribution in [3.8, 4) is 0 Å². The summed E-state index contributed by atoms with van der Waals surface area (Å²) in [6.45, 7) is 8.61. The Kier molecular flexibility index (Phi) is 9.46. The molecule has 0 heteroatoms. The molecule has 0 N–H and O–H groups in total. The van der Waals surface area contributed by atoms with Crippen molar-refractivity contribution in [2.75, 3.05) is 0 Å². The van der Waals surface area contributed by atoms with Crippen LogP contribution in [0.25, 0.3) is 0 Å². The summed E-state index contributed by atoms with van der Waals surface area (Å²) >= 11 is 0. The summed E-state index contributed by atoms with van der Waals surface area (Å²) in [5.41, 5.74) is 0.175. The number of unbranched alkanes of at least 4 members (excludes halogenated alkanes) is 9. The highest BCUT2D eigenvalue weighted by Crippen LogP contribution is 2.37. The molecule has 1 rings (SSSR count). The van der Waals surface area contributed by atoms with Crippen LogP contribution in [0, 0.1) is 11.3 Å². The van der Waals surface area contributed by atoms with E-state index in [1.165, 1.54) is 70.6 Å². The SMILES string of the molecule is C=CC1(C)C=CC=CC1CCCCCCCCCCCC. The van der Waals surface area contributed by atoms with E-state index in [4.69, 9.17) is 0 Å². The second kappa shape index (κ2) is 10.9. The first-order chi connectivity index (χ1) is 10.2. The van der Waals surface area contributed by atoms with Gasteiger partial charge in [0.05, 0.1) is 0 Å². The molecule has 21 heavy (non-hydrogen) atoms. The zero-order chi connectivity index (χ0) is 15.4. The van der Waals surface area contributed by atoms with Crippen LogP contribution in [-0.4, -0.2) is 0 Å². The van der Waals surface area contributed by atoms with Gasteiger partial charge in [0, 0.05) is 5.41 Å². The van der Waals surface area contributed by atoms with Crippen LogP contribution in [0.1, 0.15) is 84.5 Å². The fraction of sp³-hybridized carbons (Fsp3) is 0.714. The van der Waals surface area contributed by atoms with Gasteiger partial charge < -0.3 is 0 Å². The first-order valence-electron chi connectivity index (χ1n) is 9.22. The van der Waals surface area contributed by atoms with Gasteiger partial charge in [0.2, 0.25) is 0 Å². The van der Waals surface area contributed by atoms with Gasteiger partial charge in [-0.05, 0) is 12.3 Å². The molecule has 0 radical (unpaired) electrons. The minimum absolute atomic E-state index is 0.175. The monoisotopic (exact) mass is 288 g/mol. The molecule has 0 saturated heterocycles. The van der Waals surface area contributed by atoms with E-state index >= 15 is 0 Å². The van der Waals surface area contributed by atoms with Crippen molar-refractivity contribution < 1.29 is 0 Å². The maximum absolute atomic E-state index is 4.02. The lowest BCUT2D eigenvalue weighted by atomic mass is 9.72. The van der Waals surface area contributed by atoms with E-state index < -0.39 is 0 Å². The molecule has 120 valence electrons. The lowest BCUT2D eigenvalue weighted by Crippen LogP contribution is -2.22. The minimum Gasteiger partial charge on any atom is -0.102 e. The van der Waals surface area contributed by atoms with Gasteiger partial charge >= 0.3 is 0 Å². The van der Waals surface area contributed by atoms with Gasteiger partial charge in [-0.25, -0.2) is 0 Å². The highest BCUT2D eigenvalue weighted by Gasteiger charge is 2.27. The third-order valence-electron chi connectivity index (χ3n) is 5.02. The Morgan fingerprint density at radius 3 is 2.05 bits per heavy atom. The molecule has 0 fully saturated rings. The average molecular weight is 289 g/mol. The van der Waals surface area contributed by atoms with Crippen LogP contribution in [0.3, 0.4) is 0 Å². The van der Waals surface area contributed by atoms with E-state index in [9.17, 15) is 0 Å². The van der Waals surface area contributed by atoms with E-state index in [-0.39, 0.29) is 5.41 Å². The molecule has 0 aromatic carbocycles. The Bertz CT molecular complexity index is 323. The molecule has 2 atom stereocenters. The van der Waals surface area contributed by atoms with E-state index in [0.717, 1.165) is 0 Å². The van der Waals surface area contributed by atoms with Gasteiger partial charge in [-0.2, -0.15) is 0 Å². The second-order valence-corrected chi connectivity index (χ2v) is 6.89. The van der Waals surface area contributed by atoms with Gasteiger partial charge in [0.25, 0.3) is 0 Å². The van der Waals surface area contributed by atoms with E-state index in [1.54, 1.807) is 0 Å². The fourth-order valence-electron chi connectivity index (χ4n) is 3.27. The van der Waals surface area contributed by atoms with Crippen LogP contribution >= 0.6 is 0 Å². The minimum atomic E-state index is 0.175. The molecule has 0 nitrogen and oxygen atoms in total. The average Bonchev–Trinajstić information content (AvgIpc) is 2.51. The molecule has 0 aromatic rings. The molecular formula is C21H36. The molecule has 1 aliphatic carbocycles. The van der Waals surface area contributed by atoms with E-state index in [0.29, 0.717) is 5.92 Å². The molecule has 0 amide bonds. The Labute approximate surface area is 133 Å². The van der Waals surface area contributed by atoms with Crippen molar-refractivity contribution in [1.82, 2.24) is 0 Å². The summed E-state index contributed by atoms with van der Waals surface area (Å²) in [6.07, 6.45) is 26.6. The van der Waals surface area contributed by atoms with Crippen LogP contribution in [0.2, 0.25) is 0 Å². The number of rotatable bonds is 12. The summed E-state index contributed by atoms with van der Waals surface area (Å²) < 4.78 is 0. The zero-order valence-corrected chi connectivity index (χ0v) is 14.4. The Morgan fingerprint density at radius 2 is 1.48 bits per heavy atom. The normalized spacial score (nSPS) is 24.4. The lowest BCUT2D eigenvalue weighted by Gasteiger charge is -2.32. The Balaban J connectivity index is 2.00. The Morgan fingerprint density at radius 1 is 0.905 bits per heavy atom. The summed E-state index contributed by atoms with van der Waals surface area (Å²) in [5.74, 6) is 0.647. The largest absolute Gasteiger partial charge is 0.102 e. The number of allylic oxidation sites excluding steroid dienone is 5. The van der Waals surface area contributed by atoms with Gasteiger partial charge in [-0.3, -0.25) is 0 Å². The standard InChI is InChI=1S/C21H36/c1-4-6-7-8-9-10-11-12-13-14-17-20-18-15-16-19-21(20,3)5-2/h5,15-16,18-20H,2,4,6-14,17H2,1,3H3. The van der Waals surface area contributed by atoms with Crippen molar-refractivity contribution in [3.05, 3.63) is 37.0 Å². The molecule has 0 spiro atoms. The van der Waals surface area contributed by atoms with E-state index in [2.05, 4.69) is 50.8 Å². The van der Waals surface area contributed by atoms with Gasteiger partial charge in [-0.15, -0.1) is 6.58 Å². The third-order valence-corrected chi connectivity index (χ3v) is 5.02. The van der Waals surface area contributed by atoms with Crippen LogP contribution < -0.4 is 0 Å². The maximum atomic E-state index is 4.02. The van der Waals surface area contributed by atoms with E-state index in [1.807, 2.05) is 0 Å². The highest BCUT2D eigenvalue weighted by molar-refractivity contribution is 5.23. The highest BCUT2D eigenvalue weighted by atomic mass is 14.3. The number of hydrogen-bond donors (Lipinski definition) is 0. The summed E-state index contributed by atoms with van der Waals surface area (Å²) in [5, 5.41) is 0. The summed E-state index contributed by atoms with van der Waals surface area (Å²) in [4.78, 5) is 0. The smallest absolute Gasteiger partial charge is 0.00959 e. The van der Waals surface area contributed by atoms with Crippen molar-refractivity contribution in [1.29, 1.82) is 0 Å². The van der Waals surface area contributed by atoms with Crippen LogP contribution in [0.5, 0.6) is 0 Å². The quantitative estimate of drug-likeness (QED) is 0.262. The van der Waals surface area contributed by atoms with Crippen LogP contribution in [0.4, 0.5) is 0 Å². The van der Waals surface area contributed by atoms with Gasteiger partial charge in [0.1, 0.15) is 0 Å². The zero-order valence-electron chi connectivity index (χ0n) is 14.4. The van der Waals surface area contributed by atoms with Crippen LogP contribution in [-0.2, 0) is 0 Å². The molecule has 2 unspecified atom stereocenters. The molecule has 0 heterocycles. The molecule has 0 bridgehead atoms. The lowest BCUT2D eigenvalue weighted by molar-refractivity contribution is 0.353. The molecule has 0 saturated carbocycles. The third kappa shape index (κ3) is 7.16. The van der Waals surface area contributed by atoms with Crippen molar-refractivity contribution in [3.63, 3.8) is 0 Å². The summed E-state index contributed by atoms with van der Waals surface area (Å²) in [6, 6.07) is 0. The predicted molar refractivity (Wildman–Crippen MR) is 96.5 cm³/mol. The molecular weight excluding hydrogens is 252 g/mol. The first kappa shape index (κ1) is 18.3. The molecule has 0 aliphatic heterocycles. The predicted octanol–water partition coefficient (Wildman–Crippen LogP) is 7.23. The van der Waals surface area contributed by atoms with Gasteiger partial charge in [0.15, 0.2) is 0 Å². The van der Waals surface area contributed by atoms with Crippen molar-refractivity contribution in [2.24, 2.45) is 11.3 Å². The van der Waals surface area contributed by atoms with Gasteiger partial charge in [-0.1, -0.05) is 108 Å².